The molecule has 0 aliphatic carbocycles. The number of benzene rings is 1. The predicted molar refractivity (Wildman–Crippen MR) is 66.5 cm³/mol. The monoisotopic (exact) mass is 268 g/mol. The summed E-state index contributed by atoms with van der Waals surface area (Å²) >= 11 is 0. The number of methoxy groups -OCH3 is 1. The zero-order valence-corrected chi connectivity index (χ0v) is 11.0. The Morgan fingerprint density at radius 1 is 1.47 bits per heavy atom. The minimum Gasteiger partial charge on any atom is -0.459 e. The summed E-state index contributed by atoms with van der Waals surface area (Å²) in [6.45, 7) is 1.44. The lowest BCUT2D eigenvalue weighted by Crippen LogP contribution is -2.31. The first kappa shape index (κ1) is 14.0. The Balaban J connectivity index is 1.86. The molecule has 0 spiro atoms. The van der Waals surface area contributed by atoms with Crippen LogP contribution >= 0.6 is 0 Å². The third kappa shape index (κ3) is 3.30. The van der Waals surface area contributed by atoms with Gasteiger partial charge in [-0.1, -0.05) is 18.2 Å². The van der Waals surface area contributed by atoms with E-state index >= 15 is 0 Å². The zero-order chi connectivity index (χ0) is 13.9. The summed E-state index contributed by atoms with van der Waals surface area (Å²) in [5.74, 6) is -0.439. The van der Waals surface area contributed by atoms with E-state index in [2.05, 4.69) is 0 Å². The molecule has 2 rings (SSSR count). The number of alkyl halides is 1. The van der Waals surface area contributed by atoms with Gasteiger partial charge in [0.15, 0.2) is 12.0 Å². The molecule has 19 heavy (non-hydrogen) atoms. The molecular weight excluding hydrogens is 251 g/mol. The molecule has 1 unspecified atom stereocenters. The van der Waals surface area contributed by atoms with Crippen LogP contribution in [0.2, 0.25) is 0 Å². The molecular formula is C14H17FO4. The van der Waals surface area contributed by atoms with Gasteiger partial charge in [-0.25, -0.2) is 9.18 Å². The van der Waals surface area contributed by atoms with Crippen molar-refractivity contribution < 1.29 is 23.4 Å². The second-order valence-corrected chi connectivity index (χ2v) is 4.77. The summed E-state index contributed by atoms with van der Waals surface area (Å²) < 4.78 is 29.3. The normalized spacial score (nSPS) is 30.3. The second-order valence-electron chi connectivity index (χ2n) is 4.77. The summed E-state index contributed by atoms with van der Waals surface area (Å²) in [6, 6.07) is 8.64. The van der Waals surface area contributed by atoms with Gasteiger partial charge in [-0.05, 0) is 19.1 Å². The van der Waals surface area contributed by atoms with Crippen molar-refractivity contribution in [3.05, 3.63) is 35.9 Å². The fourth-order valence-corrected chi connectivity index (χ4v) is 2.13. The van der Waals surface area contributed by atoms with Gasteiger partial charge in [0.1, 0.15) is 6.61 Å². The smallest absolute Gasteiger partial charge is 0.338 e. The molecule has 0 N–H and O–H groups in total. The maximum atomic E-state index is 14.0. The molecule has 1 heterocycles. The molecule has 4 nitrogen and oxygen atoms in total. The fourth-order valence-electron chi connectivity index (χ4n) is 2.13. The summed E-state index contributed by atoms with van der Waals surface area (Å²) in [6.07, 6.45) is -1.24. The van der Waals surface area contributed by atoms with Crippen molar-refractivity contribution in [2.45, 2.75) is 31.4 Å². The lowest BCUT2D eigenvalue weighted by molar-refractivity contribution is -0.163. The minimum absolute atomic E-state index is 0.0209. The van der Waals surface area contributed by atoms with Crippen molar-refractivity contribution in [3.8, 4) is 0 Å². The van der Waals surface area contributed by atoms with Crippen molar-refractivity contribution in [2.75, 3.05) is 13.7 Å². The topological polar surface area (TPSA) is 44.8 Å². The van der Waals surface area contributed by atoms with E-state index in [1.165, 1.54) is 14.0 Å². The Morgan fingerprint density at radius 2 is 2.16 bits per heavy atom. The first-order valence-corrected chi connectivity index (χ1v) is 6.12. The summed E-state index contributed by atoms with van der Waals surface area (Å²) in [5, 5.41) is 0. The third-order valence-corrected chi connectivity index (χ3v) is 3.06. The number of carbonyl (C=O) groups is 1. The SMILES string of the molecule is CO[C@@H]1O[C@H](COC(=O)c2ccccc2)CC1(C)F. The average molecular weight is 268 g/mol. The minimum atomic E-state index is -1.56. The summed E-state index contributed by atoms with van der Waals surface area (Å²) in [4.78, 5) is 11.7. The molecule has 3 atom stereocenters. The van der Waals surface area contributed by atoms with E-state index in [-0.39, 0.29) is 13.0 Å². The molecule has 0 bridgehead atoms. The Morgan fingerprint density at radius 3 is 2.74 bits per heavy atom. The number of hydrogen-bond donors (Lipinski definition) is 0. The van der Waals surface area contributed by atoms with Crippen molar-refractivity contribution >= 4 is 5.97 Å². The van der Waals surface area contributed by atoms with Crippen LogP contribution < -0.4 is 0 Å². The maximum absolute atomic E-state index is 14.0. The van der Waals surface area contributed by atoms with Gasteiger partial charge in [0.25, 0.3) is 0 Å². The maximum Gasteiger partial charge on any atom is 0.338 e. The molecule has 0 saturated carbocycles. The van der Waals surface area contributed by atoms with Gasteiger partial charge < -0.3 is 14.2 Å². The van der Waals surface area contributed by atoms with Gasteiger partial charge in [-0.2, -0.15) is 0 Å². The van der Waals surface area contributed by atoms with E-state index in [9.17, 15) is 9.18 Å². The fraction of sp³-hybridized carbons (Fsp3) is 0.500. The highest BCUT2D eigenvalue weighted by atomic mass is 19.1. The van der Waals surface area contributed by atoms with Crippen LogP contribution in [-0.4, -0.2) is 37.7 Å². The lowest BCUT2D eigenvalue weighted by Gasteiger charge is -2.18. The van der Waals surface area contributed by atoms with E-state index in [1.807, 2.05) is 6.07 Å². The highest BCUT2D eigenvalue weighted by Gasteiger charge is 2.46. The molecule has 5 heteroatoms. The molecule has 0 amide bonds. The van der Waals surface area contributed by atoms with Gasteiger partial charge in [-0.3, -0.25) is 0 Å². The quantitative estimate of drug-likeness (QED) is 0.786. The Kier molecular flexibility index (Phi) is 4.17. The first-order chi connectivity index (χ1) is 9.03. The number of esters is 1. The summed E-state index contributed by atoms with van der Waals surface area (Å²) in [5.41, 5.74) is -1.09. The molecule has 0 radical (unpaired) electrons. The van der Waals surface area contributed by atoms with Crippen LogP contribution in [-0.2, 0) is 14.2 Å². The van der Waals surface area contributed by atoms with Crippen molar-refractivity contribution in [1.82, 2.24) is 0 Å². The van der Waals surface area contributed by atoms with Crippen LogP contribution in [0.4, 0.5) is 4.39 Å². The van der Waals surface area contributed by atoms with Gasteiger partial charge >= 0.3 is 5.97 Å². The van der Waals surface area contributed by atoms with Gasteiger partial charge in [0.2, 0.25) is 0 Å². The number of ether oxygens (including phenoxy) is 3. The molecule has 1 saturated heterocycles. The first-order valence-electron chi connectivity index (χ1n) is 6.12. The second kappa shape index (κ2) is 5.67. The molecule has 0 aromatic heterocycles. The Labute approximate surface area is 111 Å². The largest absolute Gasteiger partial charge is 0.459 e. The van der Waals surface area contributed by atoms with Gasteiger partial charge in [0, 0.05) is 13.5 Å². The highest BCUT2D eigenvalue weighted by molar-refractivity contribution is 5.89. The molecule has 1 fully saturated rings. The average Bonchev–Trinajstić information content (AvgIpc) is 2.71. The van der Waals surface area contributed by atoms with Crippen molar-refractivity contribution in [2.24, 2.45) is 0 Å². The van der Waals surface area contributed by atoms with Crippen molar-refractivity contribution in [1.29, 1.82) is 0 Å². The highest BCUT2D eigenvalue weighted by Crippen LogP contribution is 2.34. The number of halogens is 1. The molecule has 1 aliphatic rings. The van der Waals surface area contributed by atoms with Crippen LogP contribution in [0.3, 0.4) is 0 Å². The Bertz CT molecular complexity index is 432. The summed E-state index contributed by atoms with van der Waals surface area (Å²) in [7, 11) is 1.39. The standard InChI is InChI=1S/C14H17FO4/c1-14(15)8-11(19-13(14)17-2)9-18-12(16)10-6-4-3-5-7-10/h3-7,11,13H,8-9H2,1-2H3/t11-,13+,14?/m0/s1. The lowest BCUT2D eigenvalue weighted by atomic mass is 10.0. The van der Waals surface area contributed by atoms with Gasteiger partial charge in [0.05, 0.1) is 11.7 Å². The molecule has 1 aromatic rings. The van der Waals surface area contributed by atoms with Gasteiger partial charge in [-0.15, -0.1) is 0 Å². The van der Waals surface area contributed by atoms with Crippen LogP contribution in [0.25, 0.3) is 0 Å². The van der Waals surface area contributed by atoms with Crippen LogP contribution in [0.15, 0.2) is 30.3 Å². The Hall–Kier alpha value is -1.46. The zero-order valence-electron chi connectivity index (χ0n) is 11.0. The number of carbonyl (C=O) groups excluding carboxylic acids is 1. The van der Waals surface area contributed by atoms with E-state index in [1.54, 1.807) is 24.3 Å². The molecule has 1 aliphatic heterocycles. The van der Waals surface area contributed by atoms with Crippen molar-refractivity contribution in [3.63, 3.8) is 0 Å². The molecule has 1 aromatic carbocycles. The molecule has 104 valence electrons. The third-order valence-electron chi connectivity index (χ3n) is 3.06. The predicted octanol–water partition coefficient (Wildman–Crippen LogP) is 2.33. The number of hydrogen-bond acceptors (Lipinski definition) is 4. The van der Waals surface area contributed by atoms with E-state index in [4.69, 9.17) is 14.2 Å². The van der Waals surface area contributed by atoms with Crippen LogP contribution in [0.1, 0.15) is 23.7 Å². The van der Waals surface area contributed by atoms with Crippen LogP contribution in [0, 0.1) is 0 Å². The van der Waals surface area contributed by atoms with E-state index < -0.39 is 24.0 Å². The van der Waals surface area contributed by atoms with E-state index in [0.29, 0.717) is 5.56 Å². The van der Waals surface area contributed by atoms with Crippen LogP contribution in [0.5, 0.6) is 0 Å². The number of rotatable bonds is 4. The van der Waals surface area contributed by atoms with E-state index in [0.717, 1.165) is 0 Å².